The van der Waals surface area contributed by atoms with E-state index in [-0.39, 0.29) is 17.2 Å². The molecular weight excluding hydrogens is 186 g/mol. The molecule has 0 unspecified atom stereocenters. The van der Waals surface area contributed by atoms with Crippen molar-refractivity contribution in [3.05, 3.63) is 29.8 Å². The van der Waals surface area contributed by atoms with Gasteiger partial charge in [0.2, 0.25) is 0 Å². The van der Waals surface area contributed by atoms with E-state index >= 15 is 0 Å². The van der Waals surface area contributed by atoms with Gasteiger partial charge in [0, 0.05) is 6.54 Å². The van der Waals surface area contributed by atoms with Crippen LogP contribution in [0.5, 0.6) is 0 Å². The lowest BCUT2D eigenvalue weighted by Crippen LogP contribution is -2.04. The smallest absolute Gasteiger partial charge is 0.178 e. The van der Waals surface area contributed by atoms with Crippen LogP contribution in [0.15, 0.2) is 29.2 Å². The highest BCUT2D eigenvalue weighted by molar-refractivity contribution is 7.91. The molecule has 3 nitrogen and oxygen atoms in total. The molecule has 0 saturated heterocycles. The molecule has 0 aliphatic heterocycles. The summed E-state index contributed by atoms with van der Waals surface area (Å²) in [6.45, 7) is 1.75. The Morgan fingerprint density at radius 2 is 2.00 bits per heavy atom. The minimum atomic E-state index is -3.15. The van der Waals surface area contributed by atoms with Crippen LogP contribution >= 0.6 is 0 Å². The highest BCUT2D eigenvalue weighted by Gasteiger charge is 2.09. The molecule has 0 aliphatic rings. The molecule has 0 fully saturated rings. The number of sulfone groups is 1. The fourth-order valence-corrected chi connectivity index (χ4v) is 1.85. The van der Waals surface area contributed by atoms with Gasteiger partial charge in [0.1, 0.15) is 2.82 Å². The van der Waals surface area contributed by atoms with Crippen LogP contribution in [0.3, 0.4) is 0 Å². The van der Waals surface area contributed by atoms with E-state index in [0.29, 0.717) is 5.72 Å². The van der Waals surface area contributed by atoms with E-state index in [1.807, 2.05) is 0 Å². The van der Waals surface area contributed by atoms with Crippen LogP contribution < -0.4 is 5.72 Å². The Morgan fingerprint density at radius 3 is 2.46 bits per heavy atom. The van der Waals surface area contributed by atoms with Gasteiger partial charge in [-0.05, 0) is 17.7 Å². The second-order valence-corrected chi connectivity index (χ2v) is 4.98. The first kappa shape index (κ1) is 7.53. The topological polar surface area (TPSA) is 60.2 Å². The van der Waals surface area contributed by atoms with Crippen LogP contribution in [-0.4, -0.2) is 14.2 Å². The first-order chi connectivity index (χ1) is 6.95. The number of hydrogen-bond acceptors (Lipinski definition) is 3. The Hall–Kier alpha value is -0.870. The summed E-state index contributed by atoms with van der Waals surface area (Å²) >= 11 is 0. The molecule has 0 aromatic heterocycles. The van der Waals surface area contributed by atoms with Crippen LogP contribution in [0.4, 0.5) is 0 Å². The van der Waals surface area contributed by atoms with E-state index in [2.05, 4.69) is 0 Å². The van der Waals surface area contributed by atoms with Gasteiger partial charge in [-0.25, -0.2) is 8.42 Å². The fraction of sp³-hybridized carbons (Fsp3) is 0.333. The van der Waals surface area contributed by atoms with E-state index in [0.717, 1.165) is 5.56 Å². The molecule has 1 aromatic carbocycles. The summed E-state index contributed by atoms with van der Waals surface area (Å²) in [5.41, 5.74) is 1.29. The maximum atomic E-state index is 11.4. The predicted molar refractivity (Wildman–Crippen MR) is 52.1 cm³/mol. The molecule has 1 aromatic rings. The van der Waals surface area contributed by atoms with Gasteiger partial charge in [0.25, 0.3) is 0 Å². The van der Waals surface area contributed by atoms with Gasteiger partial charge >= 0.3 is 0 Å². The van der Waals surface area contributed by atoms with E-state index in [4.69, 9.17) is 2.82 Å². The van der Waals surface area contributed by atoms with Crippen molar-refractivity contribution in [3.63, 3.8) is 0 Å². The summed E-state index contributed by atoms with van der Waals surface area (Å²) in [6, 6.07) is 6.27. The third kappa shape index (κ3) is 2.29. The maximum Gasteiger partial charge on any atom is 0.178 e. The number of rotatable bonds is 4. The lowest BCUT2D eigenvalue weighted by atomic mass is 10.2. The molecule has 2 N–H and O–H groups in total. The van der Waals surface area contributed by atoms with E-state index in [1.165, 1.54) is 12.1 Å². The molecule has 4 heteroatoms. The average Bonchev–Trinajstić information content (AvgIpc) is 2.18. The van der Waals surface area contributed by atoms with Crippen molar-refractivity contribution in [2.24, 2.45) is 5.72 Å². The van der Waals surface area contributed by atoms with Gasteiger partial charge in [-0.1, -0.05) is 19.1 Å². The first-order valence-corrected chi connectivity index (χ1v) is 5.68. The molecule has 0 amide bonds. The third-order valence-corrected chi connectivity index (χ3v) is 3.60. The second-order valence-electron chi connectivity index (χ2n) is 2.71. The zero-order valence-electron chi connectivity index (χ0n) is 9.40. The summed E-state index contributed by atoms with van der Waals surface area (Å²) in [5, 5.41) is 0. The zero-order valence-corrected chi connectivity index (χ0v) is 8.21. The third-order valence-electron chi connectivity index (χ3n) is 1.85. The van der Waals surface area contributed by atoms with Crippen molar-refractivity contribution < 1.29 is 11.2 Å². The number of nitrogens with two attached hydrogens (primary N) is 1. The molecular formula is C9H13NO2S. The lowest BCUT2D eigenvalue weighted by Gasteiger charge is -2.01. The maximum absolute atomic E-state index is 11.4. The summed E-state index contributed by atoms with van der Waals surface area (Å²) in [5.74, 6) is 0.0787. The van der Waals surface area contributed by atoms with Gasteiger partial charge in [0.05, 0.1) is 10.6 Å². The van der Waals surface area contributed by atoms with Crippen LogP contribution in [0.2, 0.25) is 2.82 Å². The largest absolute Gasteiger partial charge is 0.326 e. The summed E-state index contributed by atoms with van der Waals surface area (Å²) < 4.78 is 36.7. The molecule has 0 heterocycles. The fourth-order valence-electron chi connectivity index (χ4n) is 0.969. The normalized spacial score (nSPS) is 14.0. The highest BCUT2D eigenvalue weighted by Crippen LogP contribution is 2.11. The van der Waals surface area contributed by atoms with Crippen LogP contribution in [-0.2, 0) is 16.4 Å². The van der Waals surface area contributed by atoms with Gasteiger partial charge < -0.3 is 5.72 Å². The first-order valence-electron chi connectivity index (χ1n) is 4.92. The van der Waals surface area contributed by atoms with Gasteiger partial charge in [0.15, 0.2) is 9.84 Å². The highest BCUT2D eigenvalue weighted by atomic mass is 32.2. The molecule has 0 saturated carbocycles. The summed E-state index contributed by atoms with van der Waals surface area (Å²) in [7, 11) is -3.15. The van der Waals surface area contributed by atoms with Crippen molar-refractivity contribution in [1.29, 1.82) is 0 Å². The Labute approximate surface area is 81.4 Å². The van der Waals surface area contributed by atoms with Crippen molar-refractivity contribution in [3.8, 4) is 0 Å². The Morgan fingerprint density at radius 1 is 1.38 bits per heavy atom. The van der Waals surface area contributed by atoms with Crippen molar-refractivity contribution >= 4 is 9.84 Å². The monoisotopic (exact) mass is 201 g/mol. The minimum absolute atomic E-state index is 0.0787. The van der Waals surface area contributed by atoms with E-state index in [1.54, 1.807) is 19.1 Å². The summed E-state index contributed by atoms with van der Waals surface area (Å²) in [4.78, 5) is 0.287. The molecule has 0 bridgehead atoms. The van der Waals surface area contributed by atoms with Crippen LogP contribution in [0, 0.1) is 0 Å². The van der Waals surface area contributed by atoms with Crippen molar-refractivity contribution in [2.75, 3.05) is 5.75 Å². The molecule has 72 valence electrons. The lowest BCUT2D eigenvalue weighted by molar-refractivity contribution is 0.597. The Kier molecular flexibility index (Phi) is 2.25. The van der Waals surface area contributed by atoms with Gasteiger partial charge in [-0.3, -0.25) is 0 Å². The Bertz CT molecular complexity index is 414. The van der Waals surface area contributed by atoms with E-state index in [9.17, 15) is 8.42 Å². The molecule has 0 spiro atoms. The minimum Gasteiger partial charge on any atom is -0.326 e. The molecule has 1 rings (SSSR count). The zero-order chi connectivity index (χ0) is 11.5. The standard InChI is InChI=1S/C9H13NO2S/c1-2-13(11,12)9-5-3-8(7-10)4-6-9/h3-6H,2,7,10H2,1H3/i/hD2. The Balaban J connectivity index is 2.91. The average molecular weight is 201 g/mol. The molecule has 0 aliphatic carbocycles. The molecule has 0 radical (unpaired) electrons. The summed E-state index contributed by atoms with van der Waals surface area (Å²) in [6.07, 6.45) is 0. The van der Waals surface area contributed by atoms with Gasteiger partial charge in [-0.15, -0.1) is 0 Å². The van der Waals surface area contributed by atoms with Crippen molar-refractivity contribution in [1.82, 2.24) is 0 Å². The SMILES string of the molecule is [2H]N([2H])Cc1ccc(S(=O)(=O)CC)cc1. The number of hydrogen-bond donors (Lipinski definition) is 1. The molecule has 0 atom stereocenters. The van der Waals surface area contributed by atoms with Crippen LogP contribution in [0.25, 0.3) is 0 Å². The second kappa shape index (κ2) is 3.89. The van der Waals surface area contributed by atoms with Crippen molar-refractivity contribution in [2.45, 2.75) is 18.4 Å². The quantitative estimate of drug-likeness (QED) is 0.788. The predicted octanol–water partition coefficient (Wildman–Crippen LogP) is 0.939. The van der Waals surface area contributed by atoms with Gasteiger partial charge in [-0.2, -0.15) is 0 Å². The number of benzene rings is 1. The van der Waals surface area contributed by atoms with E-state index < -0.39 is 9.84 Å². The molecule has 13 heavy (non-hydrogen) atoms. The van der Waals surface area contributed by atoms with Crippen LogP contribution in [0.1, 0.15) is 12.5 Å².